The summed E-state index contributed by atoms with van der Waals surface area (Å²) in [5, 5.41) is 10.8. The molecule has 1 aromatic heterocycles. The van der Waals surface area contributed by atoms with Gasteiger partial charge in [-0.2, -0.15) is 0 Å². The number of rotatable bonds is 7. The lowest BCUT2D eigenvalue weighted by atomic mass is 10.0. The first kappa shape index (κ1) is 18.4. The maximum atomic E-state index is 14.0. The van der Waals surface area contributed by atoms with Crippen molar-refractivity contribution in [2.24, 2.45) is 5.73 Å². The lowest BCUT2D eigenvalue weighted by Crippen LogP contribution is -2.26. The van der Waals surface area contributed by atoms with Crippen LogP contribution in [0.5, 0.6) is 0 Å². The molecule has 5 nitrogen and oxygen atoms in total. The highest BCUT2D eigenvalue weighted by molar-refractivity contribution is 6.09. The molecule has 4 rings (SSSR count). The van der Waals surface area contributed by atoms with Gasteiger partial charge in [-0.25, -0.2) is 4.39 Å². The number of benzene rings is 1. The van der Waals surface area contributed by atoms with Gasteiger partial charge in [0.05, 0.1) is 0 Å². The number of nitrogens with one attached hydrogen (secondary N) is 2. The summed E-state index contributed by atoms with van der Waals surface area (Å²) in [5.74, 6) is 0. The molecule has 2 aliphatic rings. The second-order valence-corrected chi connectivity index (χ2v) is 7.49. The van der Waals surface area contributed by atoms with E-state index in [9.17, 15) is 4.39 Å². The Bertz CT molecular complexity index is 946. The normalized spacial score (nSPS) is 18.2. The third-order valence-electron chi connectivity index (χ3n) is 5.30. The lowest BCUT2D eigenvalue weighted by molar-refractivity contribution is 0.176. The first-order valence-corrected chi connectivity index (χ1v) is 9.43. The molecule has 0 unspecified atom stereocenters. The largest absolute Gasteiger partial charge is 0.404 e. The Hall–Kier alpha value is -2.99. The summed E-state index contributed by atoms with van der Waals surface area (Å²) in [7, 11) is 0. The van der Waals surface area contributed by atoms with Crippen molar-refractivity contribution in [1.29, 1.82) is 5.41 Å². The van der Waals surface area contributed by atoms with Crippen LogP contribution in [0.3, 0.4) is 0 Å². The van der Waals surface area contributed by atoms with Crippen LogP contribution >= 0.6 is 0 Å². The van der Waals surface area contributed by atoms with Crippen LogP contribution in [-0.2, 0) is 13.1 Å². The molecule has 0 atom stereocenters. The zero-order valence-electron chi connectivity index (χ0n) is 15.7. The Morgan fingerprint density at radius 2 is 2.11 bits per heavy atom. The number of pyridine rings is 1. The molecule has 0 bridgehead atoms. The third-order valence-corrected chi connectivity index (χ3v) is 5.30. The number of allylic oxidation sites excluding steroid dienone is 1. The fourth-order valence-electron chi connectivity index (χ4n) is 3.61. The maximum absolute atomic E-state index is 14.0. The Balaban J connectivity index is 1.43. The highest BCUT2D eigenvalue weighted by Crippen LogP contribution is 2.42. The number of nitrogens with zero attached hydrogens (tertiary/aromatic N) is 2. The van der Waals surface area contributed by atoms with Crippen molar-refractivity contribution in [3.8, 4) is 0 Å². The molecule has 1 aromatic carbocycles. The summed E-state index contributed by atoms with van der Waals surface area (Å²) in [6.07, 6.45) is 11.2. The molecule has 4 N–H and O–H groups in total. The summed E-state index contributed by atoms with van der Waals surface area (Å²) >= 11 is 0. The van der Waals surface area contributed by atoms with E-state index in [1.807, 2.05) is 24.4 Å². The minimum atomic E-state index is -0.944. The zero-order valence-corrected chi connectivity index (χ0v) is 15.7. The number of nitrogens with two attached hydrogens (primary N) is 1. The monoisotopic (exact) mass is 377 g/mol. The summed E-state index contributed by atoms with van der Waals surface area (Å²) in [6.45, 7) is 2.17. The topological polar surface area (TPSA) is 78.0 Å². The van der Waals surface area contributed by atoms with Crippen molar-refractivity contribution < 1.29 is 4.39 Å². The van der Waals surface area contributed by atoms with Crippen molar-refractivity contribution in [3.63, 3.8) is 0 Å². The highest BCUT2D eigenvalue weighted by atomic mass is 19.1. The summed E-state index contributed by atoms with van der Waals surface area (Å²) in [4.78, 5) is 6.35. The van der Waals surface area contributed by atoms with Gasteiger partial charge in [0, 0.05) is 67.5 Å². The summed E-state index contributed by atoms with van der Waals surface area (Å²) in [6, 6.07) is 8.13. The van der Waals surface area contributed by atoms with Crippen molar-refractivity contribution >= 4 is 23.6 Å². The second kappa shape index (κ2) is 7.56. The minimum absolute atomic E-state index is 0.540. The van der Waals surface area contributed by atoms with Crippen LogP contribution in [0.25, 0.3) is 11.6 Å². The number of halogens is 1. The quantitative estimate of drug-likeness (QED) is 0.639. The molecule has 0 amide bonds. The van der Waals surface area contributed by atoms with E-state index in [1.54, 1.807) is 12.4 Å². The van der Waals surface area contributed by atoms with Crippen LogP contribution in [0.1, 0.15) is 35.1 Å². The van der Waals surface area contributed by atoms with E-state index in [0.29, 0.717) is 25.0 Å². The molecule has 1 saturated carbocycles. The first-order chi connectivity index (χ1) is 13.6. The van der Waals surface area contributed by atoms with E-state index < -0.39 is 5.67 Å². The maximum Gasteiger partial charge on any atom is 0.123 e. The Kier molecular flexibility index (Phi) is 4.96. The van der Waals surface area contributed by atoms with Crippen molar-refractivity contribution in [3.05, 3.63) is 71.3 Å². The molecule has 2 heterocycles. The van der Waals surface area contributed by atoms with Crippen molar-refractivity contribution in [1.82, 2.24) is 9.88 Å². The minimum Gasteiger partial charge on any atom is -0.404 e. The van der Waals surface area contributed by atoms with Crippen LogP contribution in [-0.4, -0.2) is 28.3 Å². The van der Waals surface area contributed by atoms with Crippen molar-refractivity contribution in [2.75, 3.05) is 11.9 Å². The van der Waals surface area contributed by atoms with Crippen LogP contribution < -0.4 is 11.1 Å². The van der Waals surface area contributed by atoms with Crippen LogP contribution in [0, 0.1) is 5.41 Å². The number of alkyl halides is 1. The van der Waals surface area contributed by atoms with E-state index in [1.165, 1.54) is 23.5 Å². The van der Waals surface area contributed by atoms with Gasteiger partial charge in [0.25, 0.3) is 0 Å². The van der Waals surface area contributed by atoms with Gasteiger partial charge in [0.15, 0.2) is 0 Å². The lowest BCUT2D eigenvalue weighted by Gasteiger charge is -2.16. The van der Waals surface area contributed by atoms with E-state index in [-0.39, 0.29) is 0 Å². The zero-order chi connectivity index (χ0) is 19.6. The summed E-state index contributed by atoms with van der Waals surface area (Å²) < 4.78 is 14.0. The van der Waals surface area contributed by atoms with Gasteiger partial charge < -0.3 is 16.5 Å². The van der Waals surface area contributed by atoms with Gasteiger partial charge in [0.1, 0.15) is 5.67 Å². The van der Waals surface area contributed by atoms with Gasteiger partial charge in [0.2, 0.25) is 0 Å². The Labute approximate surface area is 164 Å². The van der Waals surface area contributed by atoms with Gasteiger partial charge in [-0.3, -0.25) is 9.88 Å². The molecule has 0 spiro atoms. The van der Waals surface area contributed by atoms with Crippen LogP contribution in [0.15, 0.2) is 49.1 Å². The molecule has 0 saturated heterocycles. The second-order valence-electron chi connectivity index (χ2n) is 7.49. The standard InChI is InChI=1S/C22H24FN5/c23-22(5-6-22)15-28-13-17-1-2-20(9-18(17)14-28)27-8-3-16-12-26-7-4-21(16)19(10-24)11-25/h1-4,7-12,24,27H,5-6,13-15,25H2/b8-3+,19-11?,24-10?. The average molecular weight is 377 g/mol. The molecule has 1 aliphatic heterocycles. The smallest absolute Gasteiger partial charge is 0.123 e. The molecule has 6 heteroatoms. The Morgan fingerprint density at radius 1 is 1.29 bits per heavy atom. The molecular formula is C22H24FN5. The molecule has 0 radical (unpaired) electrons. The van der Waals surface area contributed by atoms with Gasteiger partial charge in [-0.05, 0) is 53.8 Å². The van der Waals surface area contributed by atoms with Gasteiger partial charge in [-0.1, -0.05) is 6.07 Å². The van der Waals surface area contributed by atoms with Gasteiger partial charge in [-0.15, -0.1) is 0 Å². The molecule has 1 fully saturated rings. The van der Waals surface area contributed by atoms with Gasteiger partial charge >= 0.3 is 0 Å². The van der Waals surface area contributed by atoms with E-state index >= 15 is 0 Å². The summed E-state index contributed by atoms with van der Waals surface area (Å²) in [5.41, 5.74) is 10.6. The van der Waals surface area contributed by atoms with E-state index in [4.69, 9.17) is 11.1 Å². The number of hydrogen-bond donors (Lipinski definition) is 3. The predicted octanol–water partition coefficient (Wildman–Crippen LogP) is 3.93. The Morgan fingerprint density at radius 3 is 2.86 bits per heavy atom. The van der Waals surface area contributed by atoms with Crippen molar-refractivity contribution in [2.45, 2.75) is 31.6 Å². The molecule has 28 heavy (non-hydrogen) atoms. The molecular weight excluding hydrogens is 353 g/mol. The first-order valence-electron chi connectivity index (χ1n) is 9.43. The fraction of sp³-hybridized carbons (Fsp3) is 0.273. The number of hydrogen-bond acceptors (Lipinski definition) is 5. The predicted molar refractivity (Wildman–Crippen MR) is 111 cm³/mol. The average Bonchev–Trinajstić information content (AvgIpc) is 3.28. The number of anilines is 1. The number of aromatic nitrogens is 1. The third kappa shape index (κ3) is 3.97. The van der Waals surface area contributed by atoms with E-state index in [2.05, 4.69) is 27.3 Å². The number of fused-ring (bicyclic) bond motifs is 1. The van der Waals surface area contributed by atoms with Crippen LogP contribution in [0.2, 0.25) is 0 Å². The molecule has 2 aromatic rings. The SMILES string of the molecule is N=CC(=CN)c1ccncc1/C=C/Nc1ccc2c(c1)CN(CC1(F)CC1)C2. The molecule has 144 valence electrons. The van der Waals surface area contributed by atoms with E-state index in [0.717, 1.165) is 29.9 Å². The molecule has 1 aliphatic carbocycles. The van der Waals surface area contributed by atoms with Crippen LogP contribution in [0.4, 0.5) is 10.1 Å². The highest BCUT2D eigenvalue weighted by Gasteiger charge is 2.45. The fourth-order valence-corrected chi connectivity index (χ4v) is 3.61.